The Hall–Kier alpha value is -1.40. The highest BCUT2D eigenvalue weighted by Crippen LogP contribution is 2.21. The normalized spacial score (nSPS) is 20.4. The molecular formula is C17H30N2O4. The van der Waals surface area contributed by atoms with Crippen molar-refractivity contribution in [1.29, 1.82) is 0 Å². The third-order valence-corrected chi connectivity index (χ3v) is 4.48. The molecule has 132 valence electrons. The third-order valence-electron chi connectivity index (χ3n) is 4.48. The van der Waals surface area contributed by atoms with E-state index in [9.17, 15) is 19.8 Å². The Balaban J connectivity index is 2.68. The van der Waals surface area contributed by atoms with Gasteiger partial charge in [0.2, 0.25) is 11.8 Å². The van der Waals surface area contributed by atoms with E-state index in [2.05, 4.69) is 11.9 Å². The molecule has 0 aromatic rings. The van der Waals surface area contributed by atoms with Gasteiger partial charge in [-0.3, -0.25) is 9.59 Å². The minimum absolute atomic E-state index is 0.0377. The van der Waals surface area contributed by atoms with Gasteiger partial charge in [-0.25, -0.2) is 0 Å². The summed E-state index contributed by atoms with van der Waals surface area (Å²) >= 11 is 0. The molecule has 0 radical (unpaired) electrons. The Morgan fingerprint density at radius 1 is 1.39 bits per heavy atom. The molecule has 3 atom stereocenters. The van der Waals surface area contributed by atoms with E-state index in [1.807, 2.05) is 13.8 Å². The number of rotatable bonds is 9. The SMILES string of the molecule is C=CC[C@H](CC(=O)N1CCC[C@H]1CO)C(=O)N[C@H](CO)C(C)C. The summed E-state index contributed by atoms with van der Waals surface area (Å²) in [6, 6.07) is -0.447. The standard InChI is InChI=1S/C17H30N2O4/c1-4-6-13(17(23)18-15(11-21)12(2)3)9-16(22)19-8-5-7-14(19)10-20/h4,12-15,20-21H,1,5-11H2,2-3H3,(H,18,23)/t13-,14+,15-/m1/s1. The zero-order chi connectivity index (χ0) is 17.4. The molecule has 2 amide bonds. The smallest absolute Gasteiger partial charge is 0.224 e. The Morgan fingerprint density at radius 3 is 2.61 bits per heavy atom. The first-order valence-corrected chi connectivity index (χ1v) is 8.37. The highest BCUT2D eigenvalue weighted by molar-refractivity contribution is 5.86. The van der Waals surface area contributed by atoms with Gasteiger partial charge < -0.3 is 20.4 Å². The van der Waals surface area contributed by atoms with Gasteiger partial charge in [0.15, 0.2) is 0 Å². The number of carbonyl (C=O) groups excluding carboxylic acids is 2. The topological polar surface area (TPSA) is 89.9 Å². The first-order valence-electron chi connectivity index (χ1n) is 8.37. The average molecular weight is 326 g/mol. The first-order chi connectivity index (χ1) is 10.9. The summed E-state index contributed by atoms with van der Waals surface area (Å²) < 4.78 is 0. The molecule has 1 aliphatic heterocycles. The van der Waals surface area contributed by atoms with Crippen molar-refractivity contribution in [2.45, 2.75) is 51.6 Å². The number of likely N-dealkylation sites (tertiary alicyclic amines) is 1. The highest BCUT2D eigenvalue weighted by atomic mass is 16.3. The fourth-order valence-corrected chi connectivity index (χ4v) is 2.89. The summed E-state index contributed by atoms with van der Waals surface area (Å²) in [7, 11) is 0. The average Bonchev–Trinajstić information content (AvgIpc) is 3.00. The number of hydrogen-bond donors (Lipinski definition) is 3. The van der Waals surface area contributed by atoms with E-state index in [4.69, 9.17) is 0 Å². The van der Waals surface area contributed by atoms with Crippen LogP contribution in [-0.2, 0) is 9.59 Å². The Bertz CT molecular complexity index is 411. The van der Waals surface area contributed by atoms with Crippen LogP contribution in [0.2, 0.25) is 0 Å². The largest absolute Gasteiger partial charge is 0.394 e. The maximum Gasteiger partial charge on any atom is 0.224 e. The fraction of sp³-hybridized carbons (Fsp3) is 0.765. The molecule has 0 saturated carbocycles. The quantitative estimate of drug-likeness (QED) is 0.544. The van der Waals surface area contributed by atoms with Crippen molar-refractivity contribution in [2.24, 2.45) is 11.8 Å². The van der Waals surface area contributed by atoms with Crippen molar-refractivity contribution in [3.05, 3.63) is 12.7 Å². The van der Waals surface area contributed by atoms with Gasteiger partial charge in [-0.15, -0.1) is 6.58 Å². The molecule has 0 bridgehead atoms. The number of amides is 2. The number of hydrogen-bond acceptors (Lipinski definition) is 4. The van der Waals surface area contributed by atoms with Gasteiger partial charge >= 0.3 is 0 Å². The highest BCUT2D eigenvalue weighted by Gasteiger charge is 2.31. The monoisotopic (exact) mass is 326 g/mol. The molecule has 1 aliphatic rings. The van der Waals surface area contributed by atoms with E-state index >= 15 is 0 Å². The molecule has 1 saturated heterocycles. The molecule has 0 aromatic carbocycles. The lowest BCUT2D eigenvalue weighted by Crippen LogP contribution is -2.45. The van der Waals surface area contributed by atoms with Crippen LogP contribution in [0.4, 0.5) is 0 Å². The molecule has 0 spiro atoms. The molecule has 1 heterocycles. The van der Waals surface area contributed by atoms with Gasteiger partial charge in [0.1, 0.15) is 0 Å². The van der Waals surface area contributed by atoms with Gasteiger partial charge in [0, 0.05) is 13.0 Å². The molecule has 1 rings (SSSR count). The van der Waals surface area contributed by atoms with Gasteiger partial charge in [0.05, 0.1) is 31.2 Å². The summed E-state index contributed by atoms with van der Waals surface area (Å²) in [5.41, 5.74) is 0. The molecule has 6 heteroatoms. The summed E-state index contributed by atoms with van der Waals surface area (Å²) in [5.74, 6) is -0.714. The van der Waals surface area contributed by atoms with Crippen LogP contribution in [0.1, 0.15) is 39.5 Å². The molecule has 0 aromatic heterocycles. The van der Waals surface area contributed by atoms with Gasteiger partial charge in [-0.2, -0.15) is 0 Å². The van der Waals surface area contributed by atoms with Crippen molar-refractivity contribution in [1.82, 2.24) is 10.2 Å². The molecule has 0 aliphatic carbocycles. The summed E-state index contributed by atoms with van der Waals surface area (Å²) in [6.07, 6.45) is 3.83. The Labute approximate surface area is 138 Å². The molecule has 1 fully saturated rings. The second-order valence-corrected chi connectivity index (χ2v) is 6.53. The van der Waals surface area contributed by atoms with Crippen LogP contribution >= 0.6 is 0 Å². The van der Waals surface area contributed by atoms with Crippen molar-refractivity contribution in [2.75, 3.05) is 19.8 Å². The second-order valence-electron chi connectivity index (χ2n) is 6.53. The van der Waals surface area contributed by atoms with Crippen LogP contribution < -0.4 is 5.32 Å². The number of nitrogens with zero attached hydrogens (tertiary/aromatic N) is 1. The molecular weight excluding hydrogens is 296 g/mol. The van der Waals surface area contributed by atoms with Crippen LogP contribution in [0.5, 0.6) is 0 Å². The van der Waals surface area contributed by atoms with E-state index in [1.165, 1.54) is 0 Å². The first kappa shape index (κ1) is 19.6. The minimum atomic E-state index is -0.493. The predicted octanol–water partition coefficient (Wildman–Crippen LogP) is 0.685. The number of nitrogens with one attached hydrogen (secondary N) is 1. The van der Waals surface area contributed by atoms with Crippen LogP contribution in [0.25, 0.3) is 0 Å². The Morgan fingerprint density at radius 2 is 2.09 bits per heavy atom. The molecule has 6 nitrogen and oxygen atoms in total. The van der Waals surface area contributed by atoms with Crippen LogP contribution in [-0.4, -0.2) is 58.8 Å². The van der Waals surface area contributed by atoms with E-state index in [0.717, 1.165) is 12.8 Å². The van der Waals surface area contributed by atoms with E-state index in [1.54, 1.807) is 11.0 Å². The summed E-state index contributed by atoms with van der Waals surface area (Å²) in [4.78, 5) is 26.5. The van der Waals surface area contributed by atoms with E-state index in [-0.39, 0.29) is 49.5 Å². The lowest BCUT2D eigenvalue weighted by molar-refractivity contribution is -0.137. The third kappa shape index (κ3) is 5.62. The molecule has 3 N–H and O–H groups in total. The van der Waals surface area contributed by atoms with E-state index < -0.39 is 5.92 Å². The molecule has 0 unspecified atom stereocenters. The van der Waals surface area contributed by atoms with Crippen molar-refractivity contribution >= 4 is 11.8 Å². The summed E-state index contributed by atoms with van der Waals surface area (Å²) in [6.45, 7) is 7.97. The number of aliphatic hydroxyl groups excluding tert-OH is 2. The van der Waals surface area contributed by atoms with Gasteiger partial charge in [-0.05, 0) is 25.2 Å². The maximum atomic E-state index is 12.4. The molecule has 23 heavy (non-hydrogen) atoms. The van der Waals surface area contributed by atoms with Crippen molar-refractivity contribution < 1.29 is 19.8 Å². The van der Waals surface area contributed by atoms with Crippen LogP contribution in [0, 0.1) is 11.8 Å². The van der Waals surface area contributed by atoms with Crippen LogP contribution in [0.15, 0.2) is 12.7 Å². The lowest BCUT2D eigenvalue weighted by atomic mass is 9.97. The fourth-order valence-electron chi connectivity index (χ4n) is 2.89. The second kappa shape index (κ2) is 9.67. The zero-order valence-corrected chi connectivity index (χ0v) is 14.2. The number of aliphatic hydroxyl groups is 2. The number of carbonyl (C=O) groups is 2. The van der Waals surface area contributed by atoms with Crippen molar-refractivity contribution in [3.8, 4) is 0 Å². The minimum Gasteiger partial charge on any atom is -0.394 e. The zero-order valence-electron chi connectivity index (χ0n) is 14.2. The summed E-state index contributed by atoms with van der Waals surface area (Å²) in [5, 5.41) is 21.5. The van der Waals surface area contributed by atoms with Gasteiger partial charge in [-0.1, -0.05) is 19.9 Å². The van der Waals surface area contributed by atoms with Gasteiger partial charge in [0.25, 0.3) is 0 Å². The maximum absolute atomic E-state index is 12.4. The lowest BCUT2D eigenvalue weighted by Gasteiger charge is -2.26. The number of allylic oxidation sites excluding steroid dienone is 1. The Kier molecular flexibility index (Phi) is 8.26. The van der Waals surface area contributed by atoms with Crippen LogP contribution in [0.3, 0.4) is 0 Å². The van der Waals surface area contributed by atoms with Crippen molar-refractivity contribution in [3.63, 3.8) is 0 Å². The predicted molar refractivity (Wildman–Crippen MR) is 88.6 cm³/mol. The van der Waals surface area contributed by atoms with E-state index in [0.29, 0.717) is 13.0 Å².